The van der Waals surface area contributed by atoms with Crippen LogP contribution in [0.5, 0.6) is 23.0 Å². The lowest BCUT2D eigenvalue weighted by atomic mass is 10.1. The van der Waals surface area contributed by atoms with Gasteiger partial charge in [-0.15, -0.1) is 11.6 Å². The number of ketones is 1. The summed E-state index contributed by atoms with van der Waals surface area (Å²) in [6, 6.07) is 1.46. The molecular weight excluding hydrogens is 248 g/mol. The average molecular weight is 261 g/mol. The number of methoxy groups -OCH3 is 3. The first-order valence-corrected chi connectivity index (χ1v) is 5.25. The Morgan fingerprint density at radius 2 is 1.82 bits per heavy atom. The van der Waals surface area contributed by atoms with Crippen LogP contribution in [0.1, 0.15) is 10.4 Å². The van der Waals surface area contributed by atoms with E-state index >= 15 is 0 Å². The maximum atomic E-state index is 11.6. The van der Waals surface area contributed by atoms with E-state index in [4.69, 9.17) is 25.8 Å². The van der Waals surface area contributed by atoms with Gasteiger partial charge >= 0.3 is 0 Å². The molecule has 0 spiro atoms. The van der Waals surface area contributed by atoms with Gasteiger partial charge < -0.3 is 19.3 Å². The van der Waals surface area contributed by atoms with E-state index < -0.39 is 5.78 Å². The molecule has 94 valence electrons. The number of Topliss-reactive ketones (excluding diaryl/α,β-unsaturated/α-hetero) is 1. The van der Waals surface area contributed by atoms with Crippen molar-refractivity contribution < 1.29 is 24.1 Å². The largest absolute Gasteiger partial charge is 0.504 e. The molecule has 0 bridgehead atoms. The van der Waals surface area contributed by atoms with E-state index in [-0.39, 0.29) is 34.4 Å². The maximum absolute atomic E-state index is 11.6. The highest BCUT2D eigenvalue weighted by Crippen LogP contribution is 2.44. The van der Waals surface area contributed by atoms with E-state index in [0.29, 0.717) is 0 Å². The van der Waals surface area contributed by atoms with Crippen molar-refractivity contribution in [2.45, 2.75) is 0 Å². The molecule has 0 aliphatic carbocycles. The molecule has 0 atom stereocenters. The Hall–Kier alpha value is -1.62. The first-order chi connectivity index (χ1) is 8.10. The van der Waals surface area contributed by atoms with Crippen molar-refractivity contribution >= 4 is 17.4 Å². The number of phenols is 1. The van der Waals surface area contributed by atoms with Crippen LogP contribution in [0.4, 0.5) is 0 Å². The monoisotopic (exact) mass is 260 g/mol. The minimum absolute atomic E-state index is 0.0137. The second kappa shape index (κ2) is 5.63. The van der Waals surface area contributed by atoms with Gasteiger partial charge in [-0.25, -0.2) is 0 Å². The van der Waals surface area contributed by atoms with Crippen molar-refractivity contribution in [3.05, 3.63) is 11.6 Å². The second-order valence-electron chi connectivity index (χ2n) is 3.09. The molecule has 0 radical (unpaired) electrons. The van der Waals surface area contributed by atoms with Crippen molar-refractivity contribution in [1.29, 1.82) is 0 Å². The minimum atomic E-state index is -0.457. The number of benzene rings is 1. The number of rotatable bonds is 5. The summed E-state index contributed by atoms with van der Waals surface area (Å²) >= 11 is 5.47. The Morgan fingerprint density at radius 1 is 1.24 bits per heavy atom. The van der Waals surface area contributed by atoms with Gasteiger partial charge in [-0.1, -0.05) is 0 Å². The Morgan fingerprint density at radius 3 is 2.24 bits per heavy atom. The molecule has 0 saturated heterocycles. The number of ether oxygens (including phenoxy) is 3. The Kier molecular flexibility index (Phi) is 4.45. The molecule has 0 aliphatic rings. The van der Waals surface area contributed by atoms with Crippen molar-refractivity contribution in [3.8, 4) is 23.0 Å². The van der Waals surface area contributed by atoms with Crippen LogP contribution in [-0.2, 0) is 0 Å². The van der Waals surface area contributed by atoms with Gasteiger partial charge in [0.25, 0.3) is 0 Å². The van der Waals surface area contributed by atoms with Gasteiger partial charge in [0.2, 0.25) is 5.75 Å². The van der Waals surface area contributed by atoms with Crippen LogP contribution in [0, 0.1) is 0 Å². The standard InChI is InChI=1S/C11H13ClO5/c1-15-7-4-8(16-2)11(17-3)10(14)9(7)6(13)5-12/h4,14H,5H2,1-3H3. The Balaban J connectivity index is 3.52. The molecule has 1 aromatic rings. The predicted molar refractivity (Wildman–Crippen MR) is 62.8 cm³/mol. The molecule has 6 heteroatoms. The van der Waals surface area contributed by atoms with Crippen molar-refractivity contribution in [2.24, 2.45) is 0 Å². The number of hydrogen-bond donors (Lipinski definition) is 1. The van der Waals surface area contributed by atoms with E-state index in [2.05, 4.69) is 0 Å². The quantitative estimate of drug-likeness (QED) is 0.646. The van der Waals surface area contributed by atoms with Gasteiger partial charge in [-0.3, -0.25) is 4.79 Å². The number of halogens is 1. The average Bonchev–Trinajstić information content (AvgIpc) is 2.36. The summed E-state index contributed by atoms with van der Waals surface area (Å²) in [5, 5.41) is 9.95. The van der Waals surface area contributed by atoms with Crippen LogP contribution < -0.4 is 14.2 Å². The fourth-order valence-electron chi connectivity index (χ4n) is 1.45. The number of aromatic hydroxyl groups is 1. The first-order valence-electron chi connectivity index (χ1n) is 4.71. The van der Waals surface area contributed by atoms with Gasteiger partial charge in [0.1, 0.15) is 11.3 Å². The Labute approximate surface area is 104 Å². The highest BCUT2D eigenvalue weighted by molar-refractivity contribution is 6.31. The molecule has 0 aromatic heterocycles. The summed E-state index contributed by atoms with van der Waals surface area (Å²) in [7, 11) is 4.16. The van der Waals surface area contributed by atoms with Crippen LogP contribution in [0.2, 0.25) is 0 Å². The molecule has 0 unspecified atom stereocenters. The maximum Gasteiger partial charge on any atom is 0.204 e. The van der Waals surface area contributed by atoms with E-state index in [1.165, 1.54) is 27.4 Å². The molecule has 1 rings (SSSR count). The zero-order valence-electron chi connectivity index (χ0n) is 9.74. The van der Waals surface area contributed by atoms with Crippen molar-refractivity contribution in [3.63, 3.8) is 0 Å². The third kappa shape index (κ3) is 2.39. The molecule has 1 N–H and O–H groups in total. The lowest BCUT2D eigenvalue weighted by Gasteiger charge is -2.15. The molecule has 0 aliphatic heterocycles. The van der Waals surface area contributed by atoms with Crippen LogP contribution in [0.15, 0.2) is 6.07 Å². The summed E-state index contributed by atoms with van der Waals surface area (Å²) in [6.45, 7) is 0. The van der Waals surface area contributed by atoms with Gasteiger partial charge in [0, 0.05) is 6.07 Å². The fraction of sp³-hybridized carbons (Fsp3) is 0.364. The zero-order chi connectivity index (χ0) is 13.0. The molecule has 0 fully saturated rings. The number of carbonyl (C=O) groups excluding carboxylic acids is 1. The summed E-state index contributed by atoms with van der Waals surface area (Å²) in [6.07, 6.45) is 0. The lowest BCUT2D eigenvalue weighted by molar-refractivity contribution is 0.101. The van der Waals surface area contributed by atoms with Crippen LogP contribution in [-0.4, -0.2) is 38.1 Å². The lowest BCUT2D eigenvalue weighted by Crippen LogP contribution is -2.06. The topological polar surface area (TPSA) is 65.0 Å². The molecule has 0 amide bonds. The third-order valence-corrected chi connectivity index (χ3v) is 2.47. The number of alkyl halides is 1. The van der Waals surface area contributed by atoms with Crippen LogP contribution in [0.25, 0.3) is 0 Å². The SMILES string of the molecule is COc1cc(OC)c(C(=O)CCl)c(O)c1OC. The van der Waals surface area contributed by atoms with E-state index in [0.717, 1.165) is 0 Å². The predicted octanol–water partition coefficient (Wildman–Crippen LogP) is 1.84. The van der Waals surface area contributed by atoms with Gasteiger partial charge in [0.05, 0.1) is 27.2 Å². The highest BCUT2D eigenvalue weighted by atomic mass is 35.5. The molecule has 17 heavy (non-hydrogen) atoms. The van der Waals surface area contributed by atoms with Gasteiger partial charge in [0.15, 0.2) is 17.3 Å². The third-order valence-electron chi connectivity index (χ3n) is 2.23. The summed E-state index contributed by atoms with van der Waals surface area (Å²) in [4.78, 5) is 11.6. The summed E-state index contributed by atoms with van der Waals surface area (Å²) in [5.41, 5.74) is -0.0137. The van der Waals surface area contributed by atoms with Crippen LogP contribution >= 0.6 is 11.6 Å². The molecule has 0 saturated carbocycles. The smallest absolute Gasteiger partial charge is 0.204 e. The van der Waals surface area contributed by atoms with Gasteiger partial charge in [-0.05, 0) is 0 Å². The number of phenolic OH excluding ortho intramolecular Hbond substituents is 1. The van der Waals surface area contributed by atoms with Crippen LogP contribution in [0.3, 0.4) is 0 Å². The second-order valence-corrected chi connectivity index (χ2v) is 3.36. The van der Waals surface area contributed by atoms with Crippen molar-refractivity contribution in [2.75, 3.05) is 27.2 Å². The first kappa shape index (κ1) is 13.4. The number of hydrogen-bond acceptors (Lipinski definition) is 5. The zero-order valence-corrected chi connectivity index (χ0v) is 10.5. The molecular formula is C11H13ClO5. The number of carbonyl (C=O) groups is 1. The normalized spacial score (nSPS) is 9.88. The van der Waals surface area contributed by atoms with Gasteiger partial charge in [-0.2, -0.15) is 0 Å². The fourth-order valence-corrected chi connectivity index (χ4v) is 1.58. The van der Waals surface area contributed by atoms with Crippen molar-refractivity contribution in [1.82, 2.24) is 0 Å². The minimum Gasteiger partial charge on any atom is -0.504 e. The van der Waals surface area contributed by atoms with E-state index in [9.17, 15) is 9.90 Å². The Bertz CT molecular complexity index is 430. The molecule has 5 nitrogen and oxygen atoms in total. The molecule has 0 heterocycles. The van der Waals surface area contributed by atoms with E-state index in [1.807, 2.05) is 0 Å². The molecule has 1 aromatic carbocycles. The summed E-state index contributed by atoms with van der Waals surface area (Å²) < 4.78 is 15.0. The highest BCUT2D eigenvalue weighted by Gasteiger charge is 2.24. The summed E-state index contributed by atoms with van der Waals surface area (Å²) in [5.74, 6) is -0.531. The van der Waals surface area contributed by atoms with E-state index in [1.54, 1.807) is 0 Å².